The van der Waals surface area contributed by atoms with Gasteiger partial charge in [-0.05, 0) is 60.9 Å². The summed E-state index contributed by atoms with van der Waals surface area (Å²) in [6.07, 6.45) is -0.230. The Balaban J connectivity index is 1.56. The molecule has 0 aliphatic heterocycles. The van der Waals surface area contributed by atoms with Crippen LogP contribution in [0.5, 0.6) is 5.88 Å². The molecule has 0 fully saturated rings. The van der Waals surface area contributed by atoms with Crippen LogP contribution >= 0.6 is 0 Å². The maximum absolute atomic E-state index is 12.7. The second kappa shape index (κ2) is 10.6. The van der Waals surface area contributed by atoms with Crippen LogP contribution in [0.15, 0.2) is 61.1 Å². The normalized spacial score (nSPS) is 12.3. The maximum Gasteiger partial charge on any atom is 0.433 e. The number of hydrogen-bond donors (Lipinski definition) is 4. The van der Waals surface area contributed by atoms with Gasteiger partial charge in [-0.15, -0.1) is 0 Å². The van der Waals surface area contributed by atoms with Crippen LogP contribution in [-0.2, 0) is 6.18 Å². The Labute approximate surface area is 205 Å². The minimum absolute atomic E-state index is 0.115. The first-order valence-corrected chi connectivity index (χ1v) is 11.1. The van der Waals surface area contributed by atoms with Crippen molar-refractivity contribution in [3.05, 3.63) is 72.3 Å². The summed E-state index contributed by atoms with van der Waals surface area (Å²) in [5.74, 6) is 0.375. The molecule has 11 heteroatoms. The van der Waals surface area contributed by atoms with Crippen LogP contribution < -0.4 is 15.4 Å². The van der Waals surface area contributed by atoms with Gasteiger partial charge in [0.05, 0.1) is 36.5 Å². The Morgan fingerprint density at radius 1 is 1.03 bits per heavy atom. The monoisotopic (exact) mass is 498 g/mol. The summed E-state index contributed by atoms with van der Waals surface area (Å²) < 4.78 is 43.8. The minimum atomic E-state index is -4.48. The third-order valence-electron chi connectivity index (χ3n) is 5.31. The number of nitrogens with one attached hydrogen (secondary N) is 3. The van der Waals surface area contributed by atoms with Gasteiger partial charge in [-0.1, -0.05) is 6.07 Å². The van der Waals surface area contributed by atoms with E-state index in [4.69, 9.17) is 9.84 Å². The molecule has 0 saturated carbocycles. The van der Waals surface area contributed by atoms with Crippen LogP contribution in [0, 0.1) is 6.92 Å². The highest BCUT2D eigenvalue weighted by Crippen LogP contribution is 2.32. The van der Waals surface area contributed by atoms with Gasteiger partial charge in [-0.3, -0.25) is 5.10 Å². The Hall–Kier alpha value is -4.12. The van der Waals surface area contributed by atoms with E-state index in [1.807, 2.05) is 38.1 Å². The largest absolute Gasteiger partial charge is 0.475 e. The zero-order chi connectivity index (χ0) is 25.7. The van der Waals surface area contributed by atoms with Gasteiger partial charge < -0.3 is 20.5 Å². The lowest BCUT2D eigenvalue weighted by Crippen LogP contribution is -2.25. The van der Waals surface area contributed by atoms with Gasteiger partial charge >= 0.3 is 6.18 Å². The average Bonchev–Trinajstić information content (AvgIpc) is 3.39. The van der Waals surface area contributed by atoms with Crippen molar-refractivity contribution in [2.75, 3.05) is 23.8 Å². The van der Waals surface area contributed by atoms with Crippen LogP contribution in [0.4, 0.5) is 24.5 Å². The predicted molar refractivity (Wildman–Crippen MR) is 131 cm³/mol. The first-order chi connectivity index (χ1) is 17.2. The van der Waals surface area contributed by atoms with Crippen molar-refractivity contribution in [1.82, 2.24) is 20.2 Å². The SMILES string of the molecule is Cc1ccc(NC(C)Nc2ccc(C(F)(F)F)nc2)cc1-c1cc(OCCO)nc(-c2cn[nH]c2)c1. The number of aliphatic hydroxyl groups excluding tert-OH is 1. The number of benzene rings is 1. The summed E-state index contributed by atoms with van der Waals surface area (Å²) in [6, 6.07) is 11.9. The fraction of sp³-hybridized carbons (Fsp3) is 0.240. The molecule has 1 unspecified atom stereocenters. The summed E-state index contributed by atoms with van der Waals surface area (Å²) >= 11 is 0. The first-order valence-electron chi connectivity index (χ1n) is 11.1. The van der Waals surface area contributed by atoms with Gasteiger partial charge in [-0.25, -0.2) is 9.97 Å². The number of H-pyrrole nitrogens is 1. The minimum Gasteiger partial charge on any atom is -0.475 e. The predicted octanol–water partition coefficient (Wildman–Crippen LogP) is 5.10. The van der Waals surface area contributed by atoms with Crippen molar-refractivity contribution in [3.63, 3.8) is 0 Å². The van der Waals surface area contributed by atoms with Gasteiger partial charge in [0.25, 0.3) is 0 Å². The standard InChI is InChI=1S/C25H25F3N6O2/c1-15-3-4-19(32-16(2)33-20-5-6-23(29-14-20)25(26,27)28)11-21(15)17-9-22(18-12-30-31-13-18)34-24(10-17)36-8-7-35/h3-6,9-14,16,32-33,35H,7-8H2,1-2H3,(H,30,31). The molecule has 4 rings (SSSR count). The second-order valence-electron chi connectivity index (χ2n) is 8.11. The van der Waals surface area contributed by atoms with Crippen LogP contribution in [-0.4, -0.2) is 44.7 Å². The molecule has 0 aliphatic carbocycles. The summed E-state index contributed by atoms with van der Waals surface area (Å²) in [5.41, 5.74) is 4.59. The smallest absolute Gasteiger partial charge is 0.433 e. The highest BCUT2D eigenvalue weighted by molar-refractivity contribution is 5.76. The highest BCUT2D eigenvalue weighted by Gasteiger charge is 2.32. The Morgan fingerprint density at radius 3 is 2.47 bits per heavy atom. The number of halogens is 3. The third kappa shape index (κ3) is 6.11. The van der Waals surface area contributed by atoms with Crippen molar-refractivity contribution in [2.45, 2.75) is 26.2 Å². The molecule has 188 valence electrons. The van der Waals surface area contributed by atoms with Gasteiger partial charge in [0, 0.05) is 23.5 Å². The van der Waals surface area contributed by atoms with E-state index in [-0.39, 0.29) is 19.4 Å². The van der Waals surface area contributed by atoms with Crippen LogP contribution in [0.3, 0.4) is 0 Å². The molecule has 4 N–H and O–H groups in total. The Kier molecular flexibility index (Phi) is 7.39. The number of pyridine rings is 2. The Bertz CT molecular complexity index is 1290. The molecule has 0 radical (unpaired) electrons. The molecular formula is C25H25F3N6O2. The number of alkyl halides is 3. The zero-order valence-corrected chi connectivity index (χ0v) is 19.6. The summed E-state index contributed by atoms with van der Waals surface area (Å²) in [4.78, 5) is 7.99. The maximum atomic E-state index is 12.7. The van der Waals surface area contributed by atoms with Crippen molar-refractivity contribution in [1.29, 1.82) is 0 Å². The van der Waals surface area contributed by atoms with Crippen LogP contribution in [0.2, 0.25) is 0 Å². The number of aromatic amines is 1. The number of anilines is 2. The molecule has 3 heterocycles. The van der Waals surface area contributed by atoms with Crippen LogP contribution in [0.1, 0.15) is 18.2 Å². The van der Waals surface area contributed by atoms with E-state index in [1.54, 1.807) is 18.5 Å². The van der Waals surface area contributed by atoms with E-state index < -0.39 is 11.9 Å². The van der Waals surface area contributed by atoms with Gasteiger partial charge in [0.2, 0.25) is 5.88 Å². The van der Waals surface area contributed by atoms with Gasteiger partial charge in [0.15, 0.2) is 0 Å². The summed E-state index contributed by atoms with van der Waals surface area (Å²) in [5, 5.41) is 22.3. The van der Waals surface area contributed by atoms with Gasteiger partial charge in [-0.2, -0.15) is 18.3 Å². The molecule has 3 aromatic heterocycles. The van der Waals surface area contributed by atoms with E-state index >= 15 is 0 Å². The molecule has 0 bridgehead atoms. The van der Waals surface area contributed by atoms with E-state index in [2.05, 4.69) is 30.8 Å². The molecular weight excluding hydrogens is 473 g/mol. The van der Waals surface area contributed by atoms with Gasteiger partial charge in [0.1, 0.15) is 12.3 Å². The lowest BCUT2D eigenvalue weighted by molar-refractivity contribution is -0.141. The second-order valence-corrected chi connectivity index (χ2v) is 8.11. The number of nitrogens with zero attached hydrogens (tertiary/aromatic N) is 3. The molecule has 0 amide bonds. The van der Waals surface area contributed by atoms with Crippen molar-refractivity contribution in [2.24, 2.45) is 0 Å². The first kappa shape index (κ1) is 25.0. The summed E-state index contributed by atoms with van der Waals surface area (Å²) in [6.45, 7) is 3.82. The number of aryl methyl sites for hydroxylation is 1. The molecule has 0 aliphatic rings. The van der Waals surface area contributed by atoms with Crippen molar-refractivity contribution in [3.8, 4) is 28.3 Å². The fourth-order valence-electron chi connectivity index (χ4n) is 3.63. The van der Waals surface area contributed by atoms with E-state index in [0.29, 0.717) is 17.3 Å². The van der Waals surface area contributed by atoms with Crippen molar-refractivity contribution < 1.29 is 23.0 Å². The number of ether oxygens (including phenoxy) is 1. The number of aromatic nitrogens is 4. The number of aliphatic hydroxyl groups is 1. The van der Waals surface area contributed by atoms with Crippen LogP contribution in [0.25, 0.3) is 22.4 Å². The third-order valence-corrected chi connectivity index (χ3v) is 5.31. The zero-order valence-electron chi connectivity index (χ0n) is 19.6. The van der Waals surface area contributed by atoms with E-state index in [1.165, 1.54) is 6.07 Å². The lowest BCUT2D eigenvalue weighted by atomic mass is 9.99. The molecule has 0 spiro atoms. The van der Waals surface area contributed by atoms with Crippen molar-refractivity contribution >= 4 is 11.4 Å². The molecule has 1 atom stereocenters. The van der Waals surface area contributed by atoms with E-state index in [0.717, 1.165) is 40.2 Å². The average molecular weight is 499 g/mol. The topological polar surface area (TPSA) is 108 Å². The molecule has 4 aromatic rings. The molecule has 0 saturated heterocycles. The number of rotatable bonds is 9. The fourth-order valence-corrected chi connectivity index (χ4v) is 3.63. The molecule has 8 nitrogen and oxygen atoms in total. The summed E-state index contributed by atoms with van der Waals surface area (Å²) in [7, 11) is 0. The molecule has 36 heavy (non-hydrogen) atoms. The molecule has 1 aromatic carbocycles. The highest BCUT2D eigenvalue weighted by atomic mass is 19.4. The van der Waals surface area contributed by atoms with E-state index in [9.17, 15) is 13.2 Å². The quantitative estimate of drug-likeness (QED) is 0.238. The lowest BCUT2D eigenvalue weighted by Gasteiger charge is -2.20. The number of hydrogen-bond acceptors (Lipinski definition) is 7. The Morgan fingerprint density at radius 2 is 1.81 bits per heavy atom.